The van der Waals surface area contributed by atoms with Gasteiger partial charge in [0.2, 0.25) is 0 Å². The van der Waals surface area contributed by atoms with E-state index in [9.17, 15) is 18.4 Å². The van der Waals surface area contributed by atoms with Crippen LogP contribution >= 0.6 is 0 Å². The van der Waals surface area contributed by atoms with Gasteiger partial charge in [0.1, 0.15) is 36.3 Å². The molecule has 0 atom stereocenters. The van der Waals surface area contributed by atoms with Gasteiger partial charge >= 0.3 is 11.9 Å². The Morgan fingerprint density at radius 3 is 1.66 bits per heavy atom. The molecule has 8 nitrogen and oxygen atoms in total. The van der Waals surface area contributed by atoms with E-state index in [2.05, 4.69) is 0 Å². The number of rotatable bonds is 6. The third-order valence-corrected chi connectivity index (χ3v) is 4.60. The molecule has 0 saturated heterocycles. The third kappa shape index (κ3) is 5.21. The lowest BCUT2D eigenvalue weighted by Crippen LogP contribution is -2.15. The number of hydrogen-bond donors (Lipinski definition) is 0. The van der Waals surface area contributed by atoms with Crippen molar-refractivity contribution in [1.29, 1.82) is 0 Å². The molecule has 2 heterocycles. The van der Waals surface area contributed by atoms with Crippen molar-refractivity contribution >= 4 is 11.9 Å². The van der Waals surface area contributed by atoms with Gasteiger partial charge in [-0.1, -0.05) is 0 Å². The number of hydrogen-bond acceptors (Lipinski definition) is 8. The predicted octanol–water partition coefficient (Wildman–Crippen LogP) is 3.04. The average molecular weight is 448 g/mol. The Hall–Kier alpha value is -3.50. The lowest BCUT2D eigenvalue weighted by molar-refractivity contribution is -0.141. The fourth-order valence-electron chi connectivity index (χ4n) is 3.26. The van der Waals surface area contributed by atoms with Gasteiger partial charge in [0.15, 0.2) is 13.6 Å². The van der Waals surface area contributed by atoms with E-state index in [-0.39, 0.29) is 40.0 Å². The van der Waals surface area contributed by atoms with Crippen LogP contribution in [0.25, 0.3) is 0 Å². The van der Waals surface area contributed by atoms with Crippen LogP contribution in [0, 0.1) is 11.6 Å². The summed E-state index contributed by atoms with van der Waals surface area (Å²) in [5.74, 6) is -1.90. The molecule has 0 saturated carbocycles. The van der Waals surface area contributed by atoms with Crippen LogP contribution in [-0.4, -0.2) is 25.5 Å². The highest BCUT2D eigenvalue weighted by atomic mass is 19.1. The summed E-state index contributed by atoms with van der Waals surface area (Å²) < 4.78 is 58.4. The molecule has 0 aromatic heterocycles. The number of carbonyl (C=O) groups is 2. The van der Waals surface area contributed by atoms with Gasteiger partial charge in [-0.25, -0.2) is 18.4 Å². The Kier molecular flexibility index (Phi) is 6.62. The number of esters is 2. The minimum Gasteiger partial charge on any atom is -0.467 e. The lowest BCUT2D eigenvalue weighted by Gasteiger charge is -2.20. The molecule has 10 heteroatoms. The topological polar surface area (TPSA) is 89.5 Å². The van der Waals surface area contributed by atoms with E-state index >= 15 is 0 Å². The Morgan fingerprint density at radius 1 is 0.781 bits per heavy atom. The average Bonchev–Trinajstić information content (AvgIpc) is 2.79. The third-order valence-electron chi connectivity index (χ3n) is 4.60. The molecule has 4 rings (SSSR count). The lowest BCUT2D eigenvalue weighted by atomic mass is 10.1. The second-order valence-corrected chi connectivity index (χ2v) is 6.88. The van der Waals surface area contributed by atoms with Crippen molar-refractivity contribution in [3.63, 3.8) is 0 Å². The summed E-state index contributed by atoms with van der Waals surface area (Å²) in [5.41, 5.74) is 1.70. The zero-order valence-electron chi connectivity index (χ0n) is 16.7. The SMILES string of the molecule is O=C(/C=C/C(=O)OCc1cc(F)cc2c1OCOC2)OCc1cc(F)cc2c1OCOC2. The molecular weight excluding hydrogens is 430 g/mol. The first-order chi connectivity index (χ1) is 15.5. The molecule has 0 spiro atoms. The molecule has 0 bridgehead atoms. The molecule has 0 unspecified atom stereocenters. The molecule has 32 heavy (non-hydrogen) atoms. The summed E-state index contributed by atoms with van der Waals surface area (Å²) in [6, 6.07) is 4.96. The standard InChI is InChI=1S/C22H18F2O8/c23-17-3-13-7-27-11-31-21(13)15(5-17)9-29-19(25)1-2-20(26)30-10-16-6-18(24)4-14-8-28-12-32-22(14)16/h1-6H,7-12H2/b2-1+. The molecule has 2 aromatic rings. The summed E-state index contributed by atoms with van der Waals surface area (Å²) in [6.45, 7) is -0.116. The molecular formula is C22H18F2O8. The van der Waals surface area contributed by atoms with E-state index in [1.165, 1.54) is 24.3 Å². The molecule has 0 N–H and O–H groups in total. The smallest absolute Gasteiger partial charge is 0.331 e. The van der Waals surface area contributed by atoms with E-state index in [1.54, 1.807) is 0 Å². The van der Waals surface area contributed by atoms with Crippen LogP contribution in [0.2, 0.25) is 0 Å². The first kappa shape index (κ1) is 21.7. The molecule has 2 aliphatic heterocycles. The molecule has 2 aromatic carbocycles. The van der Waals surface area contributed by atoms with Crippen molar-refractivity contribution in [2.24, 2.45) is 0 Å². The molecule has 168 valence electrons. The van der Waals surface area contributed by atoms with Crippen LogP contribution in [-0.2, 0) is 55.0 Å². The number of fused-ring (bicyclic) bond motifs is 2. The van der Waals surface area contributed by atoms with E-state index < -0.39 is 23.6 Å². The summed E-state index contributed by atoms with van der Waals surface area (Å²) >= 11 is 0. The Balaban J connectivity index is 1.31. The quantitative estimate of drug-likeness (QED) is 0.492. The Labute approximate surface area is 181 Å². The van der Waals surface area contributed by atoms with Crippen LogP contribution in [0.4, 0.5) is 8.78 Å². The molecule has 0 fully saturated rings. The highest BCUT2D eigenvalue weighted by Gasteiger charge is 2.19. The second-order valence-electron chi connectivity index (χ2n) is 6.88. The van der Waals surface area contributed by atoms with Gasteiger partial charge in [-0.3, -0.25) is 0 Å². The Morgan fingerprint density at radius 2 is 1.22 bits per heavy atom. The predicted molar refractivity (Wildman–Crippen MR) is 102 cm³/mol. The van der Waals surface area contributed by atoms with Crippen LogP contribution < -0.4 is 9.47 Å². The van der Waals surface area contributed by atoms with Crippen LogP contribution in [0.3, 0.4) is 0 Å². The summed E-state index contributed by atoms with van der Waals surface area (Å²) in [4.78, 5) is 23.8. The zero-order valence-corrected chi connectivity index (χ0v) is 16.7. The maximum absolute atomic E-state index is 13.7. The van der Waals surface area contributed by atoms with Gasteiger partial charge in [0, 0.05) is 34.4 Å². The maximum Gasteiger partial charge on any atom is 0.331 e. The van der Waals surface area contributed by atoms with E-state index in [4.69, 9.17) is 28.4 Å². The highest BCUT2D eigenvalue weighted by Crippen LogP contribution is 2.31. The number of benzene rings is 2. The second kappa shape index (κ2) is 9.75. The minimum atomic E-state index is -0.837. The number of ether oxygens (including phenoxy) is 6. The first-order valence-corrected chi connectivity index (χ1v) is 9.55. The van der Waals surface area contributed by atoms with Crippen LogP contribution in [0.1, 0.15) is 22.3 Å². The normalized spacial score (nSPS) is 14.7. The van der Waals surface area contributed by atoms with Crippen molar-refractivity contribution in [3.8, 4) is 11.5 Å². The van der Waals surface area contributed by atoms with E-state index in [0.29, 0.717) is 33.8 Å². The number of halogens is 2. The minimum absolute atomic E-state index is 0.0118. The summed E-state index contributed by atoms with van der Waals surface area (Å²) in [6.07, 6.45) is 1.76. The Bertz CT molecular complexity index is 983. The van der Waals surface area contributed by atoms with Crippen molar-refractivity contribution < 1.29 is 46.8 Å². The van der Waals surface area contributed by atoms with Gasteiger partial charge in [0.25, 0.3) is 0 Å². The number of carbonyl (C=O) groups excluding carboxylic acids is 2. The largest absolute Gasteiger partial charge is 0.467 e. The van der Waals surface area contributed by atoms with Crippen molar-refractivity contribution in [1.82, 2.24) is 0 Å². The highest BCUT2D eigenvalue weighted by molar-refractivity contribution is 5.91. The van der Waals surface area contributed by atoms with E-state index in [0.717, 1.165) is 12.2 Å². The molecule has 0 aliphatic carbocycles. The van der Waals surface area contributed by atoms with Gasteiger partial charge in [-0.2, -0.15) is 0 Å². The monoisotopic (exact) mass is 448 g/mol. The molecule has 2 aliphatic rings. The van der Waals surface area contributed by atoms with Crippen LogP contribution in [0.5, 0.6) is 11.5 Å². The fraction of sp³-hybridized carbons (Fsp3) is 0.273. The van der Waals surface area contributed by atoms with Gasteiger partial charge < -0.3 is 28.4 Å². The summed E-state index contributed by atoms with van der Waals surface area (Å²) in [5, 5.41) is 0. The molecule has 0 radical (unpaired) electrons. The fourth-order valence-corrected chi connectivity index (χ4v) is 3.26. The summed E-state index contributed by atoms with van der Waals surface area (Å²) in [7, 11) is 0. The van der Waals surface area contributed by atoms with Crippen molar-refractivity contribution in [2.75, 3.05) is 13.6 Å². The maximum atomic E-state index is 13.7. The zero-order chi connectivity index (χ0) is 22.5. The van der Waals surface area contributed by atoms with Gasteiger partial charge in [-0.15, -0.1) is 0 Å². The first-order valence-electron chi connectivity index (χ1n) is 9.55. The molecule has 0 amide bonds. The van der Waals surface area contributed by atoms with Crippen LogP contribution in [0.15, 0.2) is 36.4 Å². The van der Waals surface area contributed by atoms with Gasteiger partial charge in [-0.05, 0) is 24.3 Å². The van der Waals surface area contributed by atoms with E-state index in [1.807, 2.05) is 0 Å². The van der Waals surface area contributed by atoms with Crippen molar-refractivity contribution in [3.05, 3.63) is 70.3 Å². The van der Waals surface area contributed by atoms with Crippen molar-refractivity contribution in [2.45, 2.75) is 26.4 Å². The van der Waals surface area contributed by atoms with Gasteiger partial charge in [0.05, 0.1) is 13.2 Å².